The Morgan fingerprint density at radius 2 is 1.52 bits per heavy atom. The van der Waals surface area contributed by atoms with E-state index in [1.165, 1.54) is 0 Å². The number of carbonyl (C=O) groups is 3. The molecular weight excluding hydrogens is 390 g/mol. The Morgan fingerprint density at radius 1 is 0.903 bits per heavy atom. The molecule has 1 saturated carbocycles. The molecule has 0 radical (unpaired) electrons. The van der Waals surface area contributed by atoms with Crippen LogP contribution < -0.4 is 10.6 Å². The molecule has 6 nitrogen and oxygen atoms in total. The van der Waals surface area contributed by atoms with Gasteiger partial charge in [0.2, 0.25) is 11.8 Å². The van der Waals surface area contributed by atoms with Crippen LogP contribution in [0.25, 0.3) is 0 Å². The van der Waals surface area contributed by atoms with Crippen LogP contribution in [-0.4, -0.2) is 47.8 Å². The molecule has 3 amide bonds. The summed E-state index contributed by atoms with van der Waals surface area (Å²) in [5, 5.41) is 6.07. The van der Waals surface area contributed by atoms with Crippen molar-refractivity contribution >= 4 is 17.7 Å². The van der Waals surface area contributed by atoms with Gasteiger partial charge in [-0.25, -0.2) is 0 Å². The molecule has 1 aromatic rings. The molecule has 0 unspecified atom stereocenters. The lowest BCUT2D eigenvalue weighted by Crippen LogP contribution is -2.55. The molecule has 0 spiro atoms. The molecule has 2 aliphatic rings. The van der Waals surface area contributed by atoms with E-state index in [2.05, 4.69) is 24.5 Å². The van der Waals surface area contributed by atoms with Gasteiger partial charge in [-0.2, -0.15) is 0 Å². The van der Waals surface area contributed by atoms with Crippen LogP contribution in [0.2, 0.25) is 0 Å². The van der Waals surface area contributed by atoms with E-state index < -0.39 is 6.04 Å². The summed E-state index contributed by atoms with van der Waals surface area (Å²) in [7, 11) is 0. The zero-order valence-corrected chi connectivity index (χ0v) is 19.1. The van der Waals surface area contributed by atoms with E-state index in [0.29, 0.717) is 24.6 Å². The molecule has 31 heavy (non-hydrogen) atoms. The second-order valence-electron chi connectivity index (χ2n) is 9.50. The van der Waals surface area contributed by atoms with Gasteiger partial charge < -0.3 is 15.5 Å². The Morgan fingerprint density at radius 3 is 2.10 bits per heavy atom. The number of piperidine rings is 1. The van der Waals surface area contributed by atoms with Gasteiger partial charge in [-0.15, -0.1) is 0 Å². The minimum absolute atomic E-state index is 0.0136. The van der Waals surface area contributed by atoms with Crippen molar-refractivity contribution in [2.24, 2.45) is 17.8 Å². The fraction of sp³-hybridized carbons (Fsp3) is 0.640. The second-order valence-corrected chi connectivity index (χ2v) is 9.50. The maximum atomic E-state index is 13.1. The van der Waals surface area contributed by atoms with Gasteiger partial charge in [0.1, 0.15) is 6.04 Å². The van der Waals surface area contributed by atoms with Gasteiger partial charge in [0.05, 0.1) is 0 Å². The third-order valence-corrected chi connectivity index (χ3v) is 7.00. The summed E-state index contributed by atoms with van der Waals surface area (Å²) in [6.07, 6.45) is 5.75. The molecule has 1 aliphatic heterocycles. The van der Waals surface area contributed by atoms with E-state index in [4.69, 9.17) is 0 Å². The monoisotopic (exact) mass is 427 g/mol. The second kappa shape index (κ2) is 10.8. The number of benzene rings is 1. The predicted molar refractivity (Wildman–Crippen MR) is 121 cm³/mol. The van der Waals surface area contributed by atoms with Crippen LogP contribution in [0.15, 0.2) is 30.3 Å². The summed E-state index contributed by atoms with van der Waals surface area (Å²) in [6, 6.07) is 8.43. The van der Waals surface area contributed by atoms with Crippen molar-refractivity contribution in [2.45, 2.75) is 71.4 Å². The third-order valence-electron chi connectivity index (χ3n) is 7.00. The van der Waals surface area contributed by atoms with Crippen LogP contribution in [0.3, 0.4) is 0 Å². The lowest BCUT2D eigenvalue weighted by Gasteiger charge is -2.37. The standard InChI is InChI=1S/C25H37N3O3/c1-17(2)18(3)26-24(30)22(27-23(29)20-9-5-4-6-10-20)19-13-15-28(16-14-19)25(31)21-11-7-8-12-21/h4-6,9-10,17-19,21-22H,7-8,11-16H2,1-3H3,(H,26,30)(H,27,29)/t18-,22+/m0/s1. The first-order valence-electron chi connectivity index (χ1n) is 11.8. The van der Waals surface area contributed by atoms with Gasteiger partial charge in [-0.05, 0) is 56.6 Å². The lowest BCUT2D eigenvalue weighted by atomic mass is 9.87. The largest absolute Gasteiger partial charge is 0.352 e. The van der Waals surface area contributed by atoms with Gasteiger partial charge in [-0.3, -0.25) is 14.4 Å². The first kappa shape index (κ1) is 23.3. The zero-order valence-electron chi connectivity index (χ0n) is 19.1. The summed E-state index contributed by atoms with van der Waals surface area (Å²) in [6.45, 7) is 7.43. The van der Waals surface area contributed by atoms with Crippen LogP contribution in [0.1, 0.15) is 69.7 Å². The van der Waals surface area contributed by atoms with Crippen molar-refractivity contribution in [3.05, 3.63) is 35.9 Å². The van der Waals surface area contributed by atoms with E-state index in [1.807, 2.05) is 30.0 Å². The van der Waals surface area contributed by atoms with Crippen LogP contribution in [0.5, 0.6) is 0 Å². The normalized spacial score (nSPS) is 19.8. The molecule has 2 fully saturated rings. The SMILES string of the molecule is CC(C)[C@H](C)NC(=O)[C@H](NC(=O)c1ccccc1)C1CCN(C(=O)C2CCCC2)CC1. The summed E-state index contributed by atoms with van der Waals surface area (Å²) in [5.74, 6) is 0.410. The number of hydrogen-bond acceptors (Lipinski definition) is 3. The highest BCUT2D eigenvalue weighted by Gasteiger charge is 2.36. The topological polar surface area (TPSA) is 78.5 Å². The number of nitrogens with one attached hydrogen (secondary N) is 2. The maximum Gasteiger partial charge on any atom is 0.251 e. The van der Waals surface area contributed by atoms with E-state index in [0.717, 1.165) is 38.5 Å². The molecule has 0 bridgehead atoms. The molecule has 6 heteroatoms. The van der Waals surface area contributed by atoms with Gasteiger partial charge in [0.15, 0.2) is 0 Å². The highest BCUT2D eigenvalue weighted by atomic mass is 16.2. The number of amides is 3. The number of rotatable bonds is 7. The summed E-state index contributed by atoms with van der Waals surface area (Å²) in [5.41, 5.74) is 0.547. The van der Waals surface area contributed by atoms with Crippen molar-refractivity contribution in [3.8, 4) is 0 Å². The van der Waals surface area contributed by atoms with Crippen molar-refractivity contribution in [1.82, 2.24) is 15.5 Å². The lowest BCUT2D eigenvalue weighted by molar-refractivity contribution is -0.137. The Balaban J connectivity index is 1.66. The predicted octanol–water partition coefficient (Wildman–Crippen LogP) is 3.37. The molecule has 2 N–H and O–H groups in total. The average Bonchev–Trinajstić information content (AvgIpc) is 3.32. The smallest absolute Gasteiger partial charge is 0.251 e. The van der Waals surface area contributed by atoms with Crippen LogP contribution in [0.4, 0.5) is 0 Å². The van der Waals surface area contributed by atoms with Gasteiger partial charge in [0, 0.05) is 30.6 Å². The average molecular weight is 428 g/mol. The van der Waals surface area contributed by atoms with E-state index >= 15 is 0 Å². The maximum absolute atomic E-state index is 13.1. The van der Waals surface area contributed by atoms with Crippen molar-refractivity contribution in [3.63, 3.8) is 0 Å². The van der Waals surface area contributed by atoms with Crippen molar-refractivity contribution < 1.29 is 14.4 Å². The molecule has 1 aromatic carbocycles. The minimum Gasteiger partial charge on any atom is -0.352 e. The quantitative estimate of drug-likeness (QED) is 0.700. The summed E-state index contributed by atoms with van der Waals surface area (Å²) in [4.78, 5) is 40.7. The summed E-state index contributed by atoms with van der Waals surface area (Å²) >= 11 is 0. The number of carbonyl (C=O) groups excluding carboxylic acids is 3. The molecule has 0 aromatic heterocycles. The van der Waals surface area contributed by atoms with Gasteiger partial charge >= 0.3 is 0 Å². The summed E-state index contributed by atoms with van der Waals surface area (Å²) < 4.78 is 0. The van der Waals surface area contributed by atoms with E-state index in [1.54, 1.807) is 12.1 Å². The fourth-order valence-electron chi connectivity index (χ4n) is 4.58. The fourth-order valence-corrected chi connectivity index (χ4v) is 4.58. The van der Waals surface area contributed by atoms with Crippen LogP contribution >= 0.6 is 0 Å². The first-order valence-corrected chi connectivity index (χ1v) is 11.8. The Kier molecular flexibility index (Phi) is 8.10. The number of hydrogen-bond donors (Lipinski definition) is 2. The Bertz CT molecular complexity index is 751. The van der Waals surface area contributed by atoms with Crippen LogP contribution in [0, 0.1) is 17.8 Å². The molecule has 170 valence electrons. The molecule has 1 saturated heterocycles. The number of likely N-dealkylation sites (tertiary alicyclic amines) is 1. The highest BCUT2D eigenvalue weighted by molar-refractivity contribution is 5.97. The molecule has 2 atom stereocenters. The van der Waals surface area contributed by atoms with Crippen LogP contribution in [-0.2, 0) is 9.59 Å². The number of nitrogens with zero attached hydrogens (tertiary/aromatic N) is 1. The van der Waals surface area contributed by atoms with Gasteiger partial charge in [0.25, 0.3) is 5.91 Å². The van der Waals surface area contributed by atoms with Crippen molar-refractivity contribution in [1.29, 1.82) is 0 Å². The van der Waals surface area contributed by atoms with Gasteiger partial charge in [-0.1, -0.05) is 44.9 Å². The molecule has 3 rings (SSSR count). The van der Waals surface area contributed by atoms with E-state index in [9.17, 15) is 14.4 Å². The molecule has 1 heterocycles. The van der Waals surface area contributed by atoms with Crippen molar-refractivity contribution in [2.75, 3.05) is 13.1 Å². The molecule has 1 aliphatic carbocycles. The Hall–Kier alpha value is -2.37. The zero-order chi connectivity index (χ0) is 22.4. The van der Waals surface area contributed by atoms with E-state index in [-0.39, 0.29) is 35.6 Å². The Labute approximate surface area is 186 Å². The first-order chi connectivity index (χ1) is 14.9. The highest BCUT2D eigenvalue weighted by Crippen LogP contribution is 2.29. The minimum atomic E-state index is -0.599. The third kappa shape index (κ3) is 6.08. The molecular formula is C25H37N3O3.